The maximum atomic E-state index is 12.3. The van der Waals surface area contributed by atoms with Gasteiger partial charge in [0.05, 0.1) is 12.1 Å². The number of aromatic nitrogens is 3. The first-order valence-corrected chi connectivity index (χ1v) is 10.3. The standard InChI is InChI=1S/C20H27N5O4/c1-13-22-15(12-29-13)20(28)21-11-14-5-2-3-10-24(14)18-8-9-19(27)25(23-18)16-6-4-7-17(16)26/h8-9,12,14,16-17,26H,2-7,10-11H2,1H3,(H,21,28). The lowest BCUT2D eigenvalue weighted by Gasteiger charge is -2.37. The van der Waals surface area contributed by atoms with Crippen molar-refractivity contribution in [1.29, 1.82) is 0 Å². The van der Waals surface area contributed by atoms with Crippen LogP contribution in [0, 0.1) is 6.92 Å². The Bertz CT molecular complexity index is 924. The van der Waals surface area contributed by atoms with Gasteiger partial charge in [0.25, 0.3) is 11.5 Å². The molecule has 3 heterocycles. The van der Waals surface area contributed by atoms with Gasteiger partial charge in [0.2, 0.25) is 0 Å². The van der Waals surface area contributed by atoms with Gasteiger partial charge < -0.3 is 19.7 Å². The number of aliphatic hydroxyl groups is 1. The molecule has 4 rings (SSSR count). The van der Waals surface area contributed by atoms with Crippen LogP contribution in [-0.4, -0.2) is 51.0 Å². The number of hydrogen-bond acceptors (Lipinski definition) is 7. The molecule has 2 fully saturated rings. The van der Waals surface area contributed by atoms with Crippen LogP contribution in [0.2, 0.25) is 0 Å². The third kappa shape index (κ3) is 4.19. The van der Waals surface area contributed by atoms with Crippen molar-refractivity contribution >= 4 is 11.7 Å². The van der Waals surface area contributed by atoms with Crippen molar-refractivity contribution in [3.63, 3.8) is 0 Å². The fourth-order valence-electron chi connectivity index (χ4n) is 4.30. The number of nitrogens with one attached hydrogen (secondary N) is 1. The average Bonchev–Trinajstić information content (AvgIpc) is 3.35. The van der Waals surface area contributed by atoms with E-state index in [2.05, 4.69) is 20.3 Å². The van der Waals surface area contributed by atoms with Gasteiger partial charge in [-0.05, 0) is 44.6 Å². The number of rotatable bonds is 5. The molecule has 1 saturated carbocycles. The highest BCUT2D eigenvalue weighted by Gasteiger charge is 2.30. The van der Waals surface area contributed by atoms with E-state index in [1.165, 1.54) is 17.0 Å². The molecule has 0 spiro atoms. The number of piperidine rings is 1. The van der Waals surface area contributed by atoms with Gasteiger partial charge in [-0.3, -0.25) is 9.59 Å². The number of amides is 1. The minimum Gasteiger partial charge on any atom is -0.448 e. The molecule has 0 aromatic carbocycles. The normalized spacial score (nSPS) is 24.6. The van der Waals surface area contributed by atoms with Crippen molar-refractivity contribution in [2.45, 2.75) is 63.6 Å². The minimum atomic E-state index is -0.530. The number of carbonyl (C=O) groups is 1. The summed E-state index contributed by atoms with van der Waals surface area (Å²) in [5, 5.41) is 17.7. The summed E-state index contributed by atoms with van der Waals surface area (Å²) in [5.41, 5.74) is 0.0784. The van der Waals surface area contributed by atoms with Gasteiger partial charge in [-0.15, -0.1) is 0 Å². The van der Waals surface area contributed by atoms with Crippen LogP contribution in [0.25, 0.3) is 0 Å². The van der Waals surface area contributed by atoms with Crippen LogP contribution >= 0.6 is 0 Å². The summed E-state index contributed by atoms with van der Waals surface area (Å²) in [6.45, 7) is 2.96. The molecule has 2 aliphatic rings. The summed E-state index contributed by atoms with van der Waals surface area (Å²) >= 11 is 0. The highest BCUT2D eigenvalue weighted by Crippen LogP contribution is 2.29. The number of aliphatic hydroxyl groups excluding tert-OH is 1. The molecule has 9 heteroatoms. The molecule has 29 heavy (non-hydrogen) atoms. The Morgan fingerprint density at radius 3 is 2.86 bits per heavy atom. The second-order valence-electron chi connectivity index (χ2n) is 7.84. The average molecular weight is 401 g/mol. The highest BCUT2D eigenvalue weighted by molar-refractivity contribution is 5.91. The molecule has 2 aromatic rings. The lowest BCUT2D eigenvalue weighted by molar-refractivity contribution is 0.0944. The van der Waals surface area contributed by atoms with Crippen LogP contribution in [0.4, 0.5) is 5.82 Å². The van der Waals surface area contributed by atoms with E-state index < -0.39 is 6.10 Å². The number of carbonyl (C=O) groups excluding carboxylic acids is 1. The Kier molecular flexibility index (Phi) is 5.66. The van der Waals surface area contributed by atoms with E-state index in [0.717, 1.165) is 38.6 Å². The molecular formula is C20H27N5O4. The SMILES string of the molecule is Cc1nc(C(=O)NCC2CCCCN2c2ccc(=O)n(C3CCCC3O)n2)co1. The third-order valence-corrected chi connectivity index (χ3v) is 5.84. The molecule has 3 unspecified atom stereocenters. The Labute approximate surface area is 168 Å². The lowest BCUT2D eigenvalue weighted by atomic mass is 10.0. The van der Waals surface area contributed by atoms with E-state index in [4.69, 9.17) is 4.42 Å². The zero-order valence-electron chi connectivity index (χ0n) is 16.6. The zero-order chi connectivity index (χ0) is 20.4. The molecule has 1 aliphatic carbocycles. The second kappa shape index (κ2) is 8.36. The van der Waals surface area contributed by atoms with E-state index in [1.54, 1.807) is 13.0 Å². The van der Waals surface area contributed by atoms with Crippen LogP contribution in [-0.2, 0) is 0 Å². The van der Waals surface area contributed by atoms with Crippen LogP contribution in [0.1, 0.15) is 60.9 Å². The van der Waals surface area contributed by atoms with Gasteiger partial charge >= 0.3 is 0 Å². The Morgan fingerprint density at radius 1 is 1.28 bits per heavy atom. The molecule has 0 radical (unpaired) electrons. The summed E-state index contributed by atoms with van der Waals surface area (Å²) in [6, 6.07) is 3.07. The van der Waals surface area contributed by atoms with E-state index >= 15 is 0 Å². The number of hydrogen-bond donors (Lipinski definition) is 2. The minimum absolute atomic E-state index is 0.0765. The zero-order valence-corrected chi connectivity index (χ0v) is 16.6. The van der Waals surface area contributed by atoms with E-state index in [0.29, 0.717) is 24.7 Å². The maximum Gasteiger partial charge on any atom is 0.273 e. The fraction of sp³-hybridized carbons (Fsp3) is 0.600. The highest BCUT2D eigenvalue weighted by atomic mass is 16.3. The van der Waals surface area contributed by atoms with Crippen molar-refractivity contribution in [2.24, 2.45) is 0 Å². The first kappa shape index (κ1) is 19.6. The molecule has 2 aromatic heterocycles. The lowest BCUT2D eigenvalue weighted by Crippen LogP contribution is -2.48. The van der Waals surface area contributed by atoms with Crippen LogP contribution in [0.5, 0.6) is 0 Å². The smallest absolute Gasteiger partial charge is 0.273 e. The third-order valence-electron chi connectivity index (χ3n) is 5.84. The van der Waals surface area contributed by atoms with Crippen LogP contribution < -0.4 is 15.8 Å². The predicted molar refractivity (Wildman–Crippen MR) is 106 cm³/mol. The predicted octanol–water partition coefficient (Wildman–Crippen LogP) is 1.41. The first-order chi connectivity index (χ1) is 14.0. The second-order valence-corrected chi connectivity index (χ2v) is 7.84. The molecule has 9 nitrogen and oxygen atoms in total. The molecule has 1 saturated heterocycles. The van der Waals surface area contributed by atoms with Crippen molar-refractivity contribution < 1.29 is 14.3 Å². The van der Waals surface area contributed by atoms with Gasteiger partial charge in [-0.1, -0.05) is 0 Å². The number of anilines is 1. The summed E-state index contributed by atoms with van der Waals surface area (Å²) in [7, 11) is 0. The van der Waals surface area contributed by atoms with Crippen molar-refractivity contribution in [3.8, 4) is 0 Å². The Hall–Kier alpha value is -2.68. The topological polar surface area (TPSA) is 113 Å². The van der Waals surface area contributed by atoms with Crippen LogP contribution in [0.3, 0.4) is 0 Å². The van der Waals surface area contributed by atoms with Crippen molar-refractivity contribution in [2.75, 3.05) is 18.0 Å². The largest absolute Gasteiger partial charge is 0.448 e. The van der Waals surface area contributed by atoms with Gasteiger partial charge in [0.1, 0.15) is 12.1 Å². The maximum absolute atomic E-state index is 12.3. The van der Waals surface area contributed by atoms with Crippen molar-refractivity contribution in [3.05, 3.63) is 40.3 Å². The van der Waals surface area contributed by atoms with E-state index in [-0.39, 0.29) is 29.2 Å². The number of nitrogens with zero attached hydrogens (tertiary/aromatic N) is 4. The van der Waals surface area contributed by atoms with E-state index in [1.807, 2.05) is 0 Å². The van der Waals surface area contributed by atoms with E-state index in [9.17, 15) is 14.7 Å². The Balaban J connectivity index is 1.50. The summed E-state index contributed by atoms with van der Waals surface area (Å²) in [5.74, 6) is 0.898. The van der Waals surface area contributed by atoms with Gasteiger partial charge in [0, 0.05) is 32.1 Å². The monoisotopic (exact) mass is 401 g/mol. The molecule has 156 valence electrons. The molecule has 1 aliphatic heterocycles. The molecule has 2 N–H and O–H groups in total. The Morgan fingerprint density at radius 2 is 2.14 bits per heavy atom. The molecule has 1 amide bonds. The number of aryl methyl sites for hydroxylation is 1. The molecule has 0 bridgehead atoms. The quantitative estimate of drug-likeness (QED) is 0.779. The van der Waals surface area contributed by atoms with Gasteiger partial charge in [-0.2, -0.15) is 5.10 Å². The molecule has 3 atom stereocenters. The summed E-state index contributed by atoms with van der Waals surface area (Å²) < 4.78 is 6.54. The van der Waals surface area contributed by atoms with Gasteiger partial charge in [-0.25, -0.2) is 9.67 Å². The van der Waals surface area contributed by atoms with Crippen molar-refractivity contribution in [1.82, 2.24) is 20.1 Å². The van der Waals surface area contributed by atoms with Crippen LogP contribution in [0.15, 0.2) is 27.6 Å². The first-order valence-electron chi connectivity index (χ1n) is 10.3. The fourth-order valence-corrected chi connectivity index (χ4v) is 4.30. The van der Waals surface area contributed by atoms with Gasteiger partial charge in [0.15, 0.2) is 11.6 Å². The molecular weight excluding hydrogens is 374 g/mol. The summed E-state index contributed by atoms with van der Waals surface area (Å²) in [6.07, 6.45) is 6.19. The number of oxazole rings is 1. The summed E-state index contributed by atoms with van der Waals surface area (Å²) in [4.78, 5) is 30.9.